The van der Waals surface area contributed by atoms with Gasteiger partial charge in [-0.3, -0.25) is 0 Å². The van der Waals surface area contributed by atoms with E-state index in [2.05, 4.69) is 15.3 Å². The molecule has 3 nitrogen and oxygen atoms in total. The first-order valence-electron chi connectivity index (χ1n) is 6.30. The Kier molecular flexibility index (Phi) is 3.40. The maximum absolute atomic E-state index is 13.4. The molecule has 0 aliphatic carbocycles. The molecule has 0 amide bonds. The van der Waals surface area contributed by atoms with Gasteiger partial charge in [0.05, 0.1) is 5.52 Å². The van der Waals surface area contributed by atoms with Gasteiger partial charge >= 0.3 is 6.18 Å². The molecule has 3 aromatic rings. The zero-order valence-electron chi connectivity index (χ0n) is 11.0. The molecule has 0 atom stereocenters. The molecule has 0 aliphatic heterocycles. The van der Waals surface area contributed by atoms with Crippen molar-refractivity contribution in [1.82, 2.24) is 9.97 Å². The number of fused-ring (bicyclic) bond motifs is 1. The Balaban J connectivity index is 2.18. The van der Waals surface area contributed by atoms with Crippen molar-refractivity contribution in [2.45, 2.75) is 6.18 Å². The smallest absolute Gasteiger partial charge is 0.340 e. The summed E-state index contributed by atoms with van der Waals surface area (Å²) in [5.41, 5.74) is 0.557. The van der Waals surface area contributed by atoms with Gasteiger partial charge in [0.15, 0.2) is 0 Å². The van der Waals surface area contributed by atoms with Crippen LogP contribution >= 0.6 is 0 Å². The first-order chi connectivity index (χ1) is 10.4. The Morgan fingerprint density at radius 1 is 0.909 bits per heavy atom. The highest BCUT2D eigenvalue weighted by Gasteiger charge is 2.35. The van der Waals surface area contributed by atoms with Gasteiger partial charge in [0, 0.05) is 11.1 Å². The molecule has 0 saturated carbocycles. The Labute approximate surface area is 122 Å². The van der Waals surface area contributed by atoms with E-state index in [9.17, 15) is 17.6 Å². The van der Waals surface area contributed by atoms with Crippen LogP contribution in [0.4, 0.5) is 29.1 Å². The van der Waals surface area contributed by atoms with Crippen LogP contribution in [0, 0.1) is 5.82 Å². The average Bonchev–Trinajstić information content (AvgIpc) is 2.47. The number of nitrogens with one attached hydrogen (secondary N) is 1. The quantitative estimate of drug-likeness (QED) is 0.707. The summed E-state index contributed by atoms with van der Waals surface area (Å²) in [6.45, 7) is 0. The number of nitrogens with zero attached hydrogens (tertiary/aromatic N) is 2. The molecule has 0 unspecified atom stereocenters. The van der Waals surface area contributed by atoms with Crippen molar-refractivity contribution in [3.8, 4) is 0 Å². The number of alkyl halides is 3. The van der Waals surface area contributed by atoms with Crippen LogP contribution < -0.4 is 5.32 Å². The van der Waals surface area contributed by atoms with Crippen LogP contribution in [0.25, 0.3) is 10.9 Å². The van der Waals surface area contributed by atoms with Crippen molar-refractivity contribution in [3.63, 3.8) is 0 Å². The first kappa shape index (κ1) is 14.2. The maximum Gasteiger partial charge on any atom is 0.451 e. The van der Waals surface area contributed by atoms with Gasteiger partial charge in [-0.2, -0.15) is 13.2 Å². The molecule has 1 aromatic heterocycles. The molecule has 0 fully saturated rings. The molecule has 7 heteroatoms. The van der Waals surface area contributed by atoms with Gasteiger partial charge in [0.2, 0.25) is 5.82 Å². The summed E-state index contributed by atoms with van der Waals surface area (Å²) in [4.78, 5) is 6.94. The highest BCUT2D eigenvalue weighted by atomic mass is 19.4. The Morgan fingerprint density at radius 2 is 1.64 bits per heavy atom. The van der Waals surface area contributed by atoms with Crippen LogP contribution in [0.1, 0.15) is 5.82 Å². The maximum atomic E-state index is 13.4. The highest BCUT2D eigenvalue weighted by Crippen LogP contribution is 2.31. The topological polar surface area (TPSA) is 37.8 Å². The average molecular weight is 307 g/mol. The molecule has 0 bridgehead atoms. The van der Waals surface area contributed by atoms with Crippen molar-refractivity contribution in [2.75, 3.05) is 5.32 Å². The zero-order chi connectivity index (χ0) is 15.7. The monoisotopic (exact) mass is 307 g/mol. The number of para-hydroxylation sites is 1. The lowest BCUT2D eigenvalue weighted by atomic mass is 10.2. The van der Waals surface area contributed by atoms with Crippen LogP contribution in [0.5, 0.6) is 0 Å². The highest BCUT2D eigenvalue weighted by molar-refractivity contribution is 5.90. The number of halogens is 4. The SMILES string of the molecule is Fc1ccc2nc(C(F)(F)F)nc(Nc3ccccc3)c2c1. The van der Waals surface area contributed by atoms with Crippen molar-refractivity contribution >= 4 is 22.4 Å². The van der Waals surface area contributed by atoms with E-state index in [1.165, 1.54) is 6.07 Å². The van der Waals surface area contributed by atoms with Crippen molar-refractivity contribution in [2.24, 2.45) is 0 Å². The van der Waals surface area contributed by atoms with E-state index in [-0.39, 0.29) is 16.7 Å². The number of benzene rings is 2. The largest absolute Gasteiger partial charge is 0.451 e. The normalized spacial score (nSPS) is 11.6. The predicted octanol–water partition coefficient (Wildman–Crippen LogP) is 4.53. The van der Waals surface area contributed by atoms with Crippen molar-refractivity contribution < 1.29 is 17.6 Å². The minimum Gasteiger partial charge on any atom is -0.340 e. The second kappa shape index (κ2) is 5.25. The molecule has 2 aromatic carbocycles. The number of anilines is 2. The summed E-state index contributed by atoms with van der Waals surface area (Å²) in [7, 11) is 0. The summed E-state index contributed by atoms with van der Waals surface area (Å²) < 4.78 is 52.0. The van der Waals surface area contributed by atoms with E-state index < -0.39 is 17.8 Å². The first-order valence-corrected chi connectivity index (χ1v) is 6.30. The summed E-state index contributed by atoms with van der Waals surface area (Å²) in [6, 6.07) is 11.9. The van der Waals surface area contributed by atoms with Gasteiger partial charge in [-0.05, 0) is 30.3 Å². The van der Waals surface area contributed by atoms with Gasteiger partial charge in [-0.25, -0.2) is 14.4 Å². The molecule has 0 spiro atoms. The molecule has 0 saturated heterocycles. The van der Waals surface area contributed by atoms with Crippen LogP contribution in [0.15, 0.2) is 48.5 Å². The lowest BCUT2D eigenvalue weighted by Crippen LogP contribution is -2.12. The zero-order valence-corrected chi connectivity index (χ0v) is 11.0. The molecule has 3 rings (SSSR count). The molecular weight excluding hydrogens is 298 g/mol. The van der Waals surface area contributed by atoms with Gasteiger partial charge in [-0.1, -0.05) is 18.2 Å². The molecule has 22 heavy (non-hydrogen) atoms. The number of rotatable bonds is 2. The Bertz CT molecular complexity index is 816. The second-order valence-corrected chi connectivity index (χ2v) is 4.55. The molecule has 1 heterocycles. The van der Waals surface area contributed by atoms with E-state index in [4.69, 9.17) is 0 Å². The third-order valence-electron chi connectivity index (χ3n) is 2.95. The Morgan fingerprint density at radius 3 is 2.32 bits per heavy atom. The van der Waals surface area contributed by atoms with Crippen LogP contribution in [0.3, 0.4) is 0 Å². The molecule has 0 radical (unpaired) electrons. The van der Waals surface area contributed by atoms with Gasteiger partial charge < -0.3 is 5.32 Å². The van der Waals surface area contributed by atoms with Crippen molar-refractivity contribution in [3.05, 3.63) is 60.2 Å². The standard InChI is InChI=1S/C15H9F4N3/c16-9-6-7-12-11(8-9)13(20-10-4-2-1-3-5-10)22-14(21-12)15(17,18)19/h1-8H,(H,20,21,22). The predicted molar refractivity (Wildman–Crippen MR) is 74.2 cm³/mol. The van der Waals surface area contributed by atoms with E-state index in [1.807, 2.05) is 0 Å². The van der Waals surface area contributed by atoms with Gasteiger partial charge in [0.1, 0.15) is 11.6 Å². The van der Waals surface area contributed by atoms with E-state index in [1.54, 1.807) is 30.3 Å². The number of hydrogen-bond acceptors (Lipinski definition) is 3. The molecular formula is C15H9F4N3. The van der Waals surface area contributed by atoms with Gasteiger partial charge in [-0.15, -0.1) is 0 Å². The fourth-order valence-electron chi connectivity index (χ4n) is 1.98. The fraction of sp³-hybridized carbons (Fsp3) is 0.0667. The summed E-state index contributed by atoms with van der Waals surface area (Å²) >= 11 is 0. The van der Waals surface area contributed by atoms with Crippen LogP contribution in [-0.4, -0.2) is 9.97 Å². The lowest BCUT2D eigenvalue weighted by molar-refractivity contribution is -0.144. The minimum atomic E-state index is -4.68. The molecule has 112 valence electrons. The lowest BCUT2D eigenvalue weighted by Gasteiger charge is -2.12. The Hall–Kier alpha value is -2.70. The summed E-state index contributed by atoms with van der Waals surface area (Å²) in [5.74, 6) is -1.94. The van der Waals surface area contributed by atoms with Gasteiger partial charge in [0.25, 0.3) is 0 Å². The number of hydrogen-bond donors (Lipinski definition) is 1. The molecule has 1 N–H and O–H groups in total. The number of aromatic nitrogens is 2. The van der Waals surface area contributed by atoms with Crippen LogP contribution in [-0.2, 0) is 6.18 Å². The van der Waals surface area contributed by atoms with E-state index in [0.717, 1.165) is 12.1 Å². The minimum absolute atomic E-state index is 0.0159. The fourth-order valence-corrected chi connectivity index (χ4v) is 1.98. The van der Waals surface area contributed by atoms with E-state index >= 15 is 0 Å². The van der Waals surface area contributed by atoms with E-state index in [0.29, 0.717) is 5.69 Å². The van der Waals surface area contributed by atoms with Crippen molar-refractivity contribution in [1.29, 1.82) is 0 Å². The third-order valence-corrected chi connectivity index (χ3v) is 2.95. The molecule has 0 aliphatic rings. The summed E-state index contributed by atoms with van der Waals surface area (Å²) in [5, 5.41) is 2.95. The van der Waals surface area contributed by atoms with Crippen LogP contribution in [0.2, 0.25) is 0 Å². The second-order valence-electron chi connectivity index (χ2n) is 4.55. The summed E-state index contributed by atoms with van der Waals surface area (Å²) in [6.07, 6.45) is -4.68. The third kappa shape index (κ3) is 2.83.